The molecule has 1 N–H and O–H groups in total. The molecule has 0 atom stereocenters. The Morgan fingerprint density at radius 1 is 1.33 bits per heavy atom. The molecule has 0 aliphatic heterocycles. The van der Waals surface area contributed by atoms with Crippen molar-refractivity contribution >= 4 is 29.0 Å². The predicted octanol–water partition coefficient (Wildman–Crippen LogP) is 4.55. The highest BCUT2D eigenvalue weighted by molar-refractivity contribution is 7.99. The largest absolute Gasteiger partial charge is 0.325 e. The van der Waals surface area contributed by atoms with Gasteiger partial charge >= 0.3 is 0 Å². The number of aromatic nitrogens is 1. The number of carbonyl (C=O) groups is 1. The number of hydrogen-bond donors (Lipinski definition) is 1. The van der Waals surface area contributed by atoms with Crippen LogP contribution in [0.2, 0.25) is 0 Å². The molecule has 1 aromatic carbocycles. The maximum Gasteiger partial charge on any atom is 0.234 e. The second-order valence-corrected chi connectivity index (χ2v) is 6.60. The normalized spacial score (nSPS) is 11.1. The van der Waals surface area contributed by atoms with E-state index in [1.807, 2.05) is 5.38 Å². The van der Waals surface area contributed by atoms with Gasteiger partial charge in [0, 0.05) is 22.4 Å². The van der Waals surface area contributed by atoms with Crippen LogP contribution in [0, 0.1) is 5.82 Å². The van der Waals surface area contributed by atoms with Gasteiger partial charge in [-0.05, 0) is 36.4 Å². The highest BCUT2D eigenvalue weighted by atomic mass is 32.2. The van der Waals surface area contributed by atoms with E-state index in [0.29, 0.717) is 17.2 Å². The first-order valence-corrected chi connectivity index (χ1v) is 9.19. The summed E-state index contributed by atoms with van der Waals surface area (Å²) in [7, 11) is 0. The highest BCUT2D eigenvalue weighted by Crippen LogP contribution is 2.25. The minimum atomic E-state index is -0.263. The van der Waals surface area contributed by atoms with Crippen molar-refractivity contribution in [1.29, 1.82) is 0 Å². The number of carbonyl (C=O) groups excluding carboxylic acids is 1. The summed E-state index contributed by atoms with van der Waals surface area (Å²) in [5, 5.41) is 5.55. The summed E-state index contributed by atoms with van der Waals surface area (Å²) in [4.78, 5) is 16.3. The molecule has 3 nitrogen and oxygen atoms in total. The van der Waals surface area contributed by atoms with Crippen LogP contribution in [0.1, 0.15) is 5.69 Å². The van der Waals surface area contributed by atoms with Crippen LogP contribution in [0.25, 0.3) is 10.6 Å². The van der Waals surface area contributed by atoms with Crippen molar-refractivity contribution in [2.45, 2.75) is 5.75 Å². The molecule has 0 bridgehead atoms. The fourth-order valence-electron chi connectivity index (χ4n) is 1.83. The highest BCUT2D eigenvalue weighted by Gasteiger charge is 2.07. The van der Waals surface area contributed by atoms with E-state index in [-0.39, 0.29) is 11.7 Å². The van der Waals surface area contributed by atoms with Crippen molar-refractivity contribution in [1.82, 2.24) is 10.3 Å². The molecular formula is C18H17FN2OS2. The Kier molecular flexibility index (Phi) is 6.96. The third-order valence-corrected chi connectivity index (χ3v) is 4.83. The molecule has 0 fully saturated rings. The topological polar surface area (TPSA) is 42.0 Å². The third kappa shape index (κ3) is 5.47. The Labute approximate surface area is 149 Å². The van der Waals surface area contributed by atoms with E-state index >= 15 is 0 Å². The summed E-state index contributed by atoms with van der Waals surface area (Å²) < 4.78 is 12.9. The molecule has 2 rings (SSSR count). The van der Waals surface area contributed by atoms with E-state index < -0.39 is 0 Å². The van der Waals surface area contributed by atoms with Crippen molar-refractivity contribution < 1.29 is 9.18 Å². The second kappa shape index (κ2) is 9.20. The van der Waals surface area contributed by atoms with Crippen LogP contribution in [0.3, 0.4) is 0 Å². The van der Waals surface area contributed by atoms with E-state index in [9.17, 15) is 9.18 Å². The van der Waals surface area contributed by atoms with Gasteiger partial charge in [0.1, 0.15) is 10.8 Å². The summed E-state index contributed by atoms with van der Waals surface area (Å²) in [5.41, 5.74) is 2.42. The number of benzene rings is 1. The van der Waals surface area contributed by atoms with Gasteiger partial charge in [0.15, 0.2) is 0 Å². The van der Waals surface area contributed by atoms with Crippen molar-refractivity contribution in [3.8, 4) is 10.6 Å². The van der Waals surface area contributed by atoms with E-state index in [1.54, 1.807) is 30.4 Å². The van der Waals surface area contributed by atoms with E-state index in [2.05, 4.69) is 23.5 Å². The van der Waals surface area contributed by atoms with Crippen molar-refractivity contribution in [2.24, 2.45) is 0 Å². The number of nitrogens with one attached hydrogen (secondary N) is 1. The van der Waals surface area contributed by atoms with Gasteiger partial charge in [-0.15, -0.1) is 23.1 Å². The molecule has 0 saturated heterocycles. The van der Waals surface area contributed by atoms with Gasteiger partial charge in [-0.3, -0.25) is 4.79 Å². The van der Waals surface area contributed by atoms with Crippen LogP contribution in [-0.2, 0) is 10.5 Å². The van der Waals surface area contributed by atoms with Gasteiger partial charge in [0.2, 0.25) is 5.91 Å². The van der Waals surface area contributed by atoms with Gasteiger partial charge in [-0.1, -0.05) is 19.2 Å². The Hall–Kier alpha value is -2.18. The average Bonchev–Trinajstić information content (AvgIpc) is 3.04. The molecule has 0 spiro atoms. The lowest BCUT2D eigenvalue weighted by Crippen LogP contribution is -2.23. The van der Waals surface area contributed by atoms with E-state index in [4.69, 9.17) is 0 Å². The molecule has 0 saturated carbocycles. The lowest BCUT2D eigenvalue weighted by molar-refractivity contribution is -0.117. The smallest absolute Gasteiger partial charge is 0.234 e. The first-order valence-electron chi connectivity index (χ1n) is 7.15. The molecule has 1 amide bonds. The molecule has 0 aliphatic rings. The molecule has 24 heavy (non-hydrogen) atoms. The maximum absolute atomic E-state index is 12.9. The summed E-state index contributed by atoms with van der Waals surface area (Å²) in [6.07, 6.45) is 4.85. The van der Waals surface area contributed by atoms with Crippen LogP contribution < -0.4 is 5.32 Å². The number of hydrogen-bond acceptors (Lipinski definition) is 4. The molecule has 6 heteroatoms. The minimum absolute atomic E-state index is 0.0954. The lowest BCUT2D eigenvalue weighted by atomic mass is 10.2. The fourth-order valence-corrected chi connectivity index (χ4v) is 3.48. The number of thioether (sulfide) groups is 1. The Balaban J connectivity index is 1.84. The van der Waals surface area contributed by atoms with Gasteiger partial charge in [-0.2, -0.15) is 0 Å². The number of amides is 1. The standard InChI is InChI=1S/C18H17FN2OS2/c1-3-5-15(4-2)20-17(22)12-23-10-16-11-24-18(21-16)13-6-8-14(19)9-7-13/h3-9,11H,1-2,10,12H2,(H,20,22)/b15-5+. The van der Waals surface area contributed by atoms with Gasteiger partial charge in [0.05, 0.1) is 11.4 Å². The Bertz CT molecular complexity index is 751. The maximum atomic E-state index is 12.9. The number of halogens is 1. The van der Waals surface area contributed by atoms with Crippen LogP contribution in [0.15, 0.2) is 66.7 Å². The zero-order valence-corrected chi connectivity index (χ0v) is 14.6. The summed E-state index contributed by atoms with van der Waals surface area (Å²) >= 11 is 2.99. The van der Waals surface area contributed by atoms with E-state index in [1.165, 1.54) is 35.2 Å². The Morgan fingerprint density at radius 2 is 2.08 bits per heavy atom. The fraction of sp³-hybridized carbons (Fsp3) is 0.111. The second-order valence-electron chi connectivity index (χ2n) is 4.75. The summed E-state index contributed by atoms with van der Waals surface area (Å²) in [6, 6.07) is 6.26. The molecular weight excluding hydrogens is 343 g/mol. The van der Waals surface area contributed by atoms with Crippen molar-refractivity contribution in [2.75, 3.05) is 5.75 Å². The molecule has 124 valence electrons. The number of thiazole rings is 1. The van der Waals surface area contributed by atoms with Crippen LogP contribution >= 0.6 is 23.1 Å². The van der Waals surface area contributed by atoms with Crippen LogP contribution in [0.4, 0.5) is 4.39 Å². The van der Waals surface area contributed by atoms with Crippen molar-refractivity contribution in [3.05, 3.63) is 78.2 Å². The summed E-state index contributed by atoms with van der Waals surface area (Å²) in [6.45, 7) is 7.21. The zero-order chi connectivity index (χ0) is 17.4. The van der Waals surface area contributed by atoms with Crippen LogP contribution in [-0.4, -0.2) is 16.6 Å². The molecule has 1 heterocycles. The van der Waals surface area contributed by atoms with Crippen LogP contribution in [0.5, 0.6) is 0 Å². The van der Waals surface area contributed by atoms with Crippen molar-refractivity contribution in [3.63, 3.8) is 0 Å². The molecule has 0 radical (unpaired) electrons. The minimum Gasteiger partial charge on any atom is -0.325 e. The lowest BCUT2D eigenvalue weighted by Gasteiger charge is -2.04. The SMILES string of the molecule is C=C/C=C(\C=C)NC(=O)CSCc1csc(-c2ccc(F)cc2)n1. The molecule has 0 aliphatic carbocycles. The Morgan fingerprint density at radius 3 is 2.75 bits per heavy atom. The summed E-state index contributed by atoms with van der Waals surface area (Å²) in [5.74, 6) is 0.606. The van der Waals surface area contributed by atoms with Gasteiger partial charge < -0.3 is 5.32 Å². The molecule has 1 aromatic heterocycles. The quantitative estimate of drug-likeness (QED) is 0.702. The predicted molar refractivity (Wildman–Crippen MR) is 100 cm³/mol. The average molecular weight is 360 g/mol. The molecule has 2 aromatic rings. The number of rotatable bonds is 8. The third-order valence-electron chi connectivity index (χ3n) is 2.93. The molecule has 0 unspecified atom stereocenters. The first-order chi connectivity index (χ1) is 11.6. The monoisotopic (exact) mass is 360 g/mol. The van der Waals surface area contributed by atoms with Gasteiger partial charge in [-0.25, -0.2) is 9.37 Å². The van der Waals surface area contributed by atoms with Gasteiger partial charge in [0.25, 0.3) is 0 Å². The van der Waals surface area contributed by atoms with E-state index in [0.717, 1.165) is 16.3 Å². The number of nitrogens with zero attached hydrogens (tertiary/aromatic N) is 1. The zero-order valence-electron chi connectivity index (χ0n) is 13.0. The first kappa shape index (κ1) is 18.2. The number of allylic oxidation sites excluding steroid dienone is 3.